The number of carbonyl (C=O) groups is 1. The highest BCUT2D eigenvalue weighted by atomic mass is 32.2. The standard InChI is InChI=1S/C15H15NO5S/c1-16(15(17)12-8-10-13(19-2)11-9-12)20-21-22(18)14-6-4-3-5-7-14/h3-11H,1-2H3. The van der Waals surface area contributed by atoms with Crippen molar-refractivity contribution in [2.45, 2.75) is 4.90 Å². The molecular weight excluding hydrogens is 306 g/mol. The molecule has 0 aliphatic rings. The van der Waals surface area contributed by atoms with Gasteiger partial charge in [-0.3, -0.25) is 4.79 Å². The summed E-state index contributed by atoms with van der Waals surface area (Å²) in [5.41, 5.74) is 0.386. The molecule has 0 N–H and O–H groups in total. The van der Waals surface area contributed by atoms with Crippen LogP contribution in [0.3, 0.4) is 0 Å². The molecule has 0 fully saturated rings. The minimum absolute atomic E-state index is 0.386. The van der Waals surface area contributed by atoms with Crippen LogP contribution in [-0.4, -0.2) is 29.3 Å². The van der Waals surface area contributed by atoms with Gasteiger partial charge in [0.2, 0.25) is 11.1 Å². The van der Waals surface area contributed by atoms with Crippen molar-refractivity contribution < 1.29 is 23.1 Å². The molecule has 7 heteroatoms. The van der Waals surface area contributed by atoms with Gasteiger partial charge < -0.3 is 4.74 Å². The van der Waals surface area contributed by atoms with Crippen LogP contribution in [0.5, 0.6) is 5.75 Å². The predicted octanol–water partition coefficient (Wildman–Crippen LogP) is 2.35. The van der Waals surface area contributed by atoms with Gasteiger partial charge in [0.15, 0.2) is 0 Å². The van der Waals surface area contributed by atoms with E-state index in [1.165, 1.54) is 7.05 Å². The summed E-state index contributed by atoms with van der Waals surface area (Å²) in [4.78, 5) is 17.3. The third kappa shape index (κ3) is 4.14. The Balaban J connectivity index is 1.92. The van der Waals surface area contributed by atoms with Crippen LogP contribution in [0.15, 0.2) is 59.5 Å². The number of rotatable bonds is 6. The van der Waals surface area contributed by atoms with Gasteiger partial charge in [0, 0.05) is 12.6 Å². The summed E-state index contributed by atoms with van der Waals surface area (Å²) >= 11 is -1.82. The molecule has 6 nitrogen and oxygen atoms in total. The smallest absolute Gasteiger partial charge is 0.279 e. The Bertz CT molecular complexity index is 645. The molecule has 1 amide bonds. The summed E-state index contributed by atoms with van der Waals surface area (Å²) in [6, 6.07) is 15.0. The molecule has 0 radical (unpaired) electrons. The Labute approximate surface area is 130 Å². The van der Waals surface area contributed by atoms with E-state index >= 15 is 0 Å². The van der Waals surface area contributed by atoms with Gasteiger partial charge in [0.05, 0.1) is 12.0 Å². The van der Waals surface area contributed by atoms with Crippen molar-refractivity contribution in [2.75, 3.05) is 14.2 Å². The van der Waals surface area contributed by atoms with E-state index in [0.717, 1.165) is 5.06 Å². The van der Waals surface area contributed by atoms with Crippen molar-refractivity contribution in [3.8, 4) is 5.75 Å². The van der Waals surface area contributed by atoms with Crippen molar-refractivity contribution >= 4 is 17.0 Å². The van der Waals surface area contributed by atoms with E-state index in [-0.39, 0.29) is 0 Å². The lowest BCUT2D eigenvalue weighted by Crippen LogP contribution is -2.27. The average molecular weight is 321 g/mol. The molecule has 116 valence electrons. The second-order valence-electron chi connectivity index (χ2n) is 4.22. The summed E-state index contributed by atoms with van der Waals surface area (Å²) in [7, 11) is 2.91. The van der Waals surface area contributed by atoms with Gasteiger partial charge in [-0.1, -0.05) is 23.2 Å². The Morgan fingerprint density at radius 2 is 1.68 bits per heavy atom. The Kier molecular flexibility index (Phi) is 5.65. The molecule has 0 spiro atoms. The van der Waals surface area contributed by atoms with Crippen LogP contribution in [0.2, 0.25) is 0 Å². The van der Waals surface area contributed by atoms with Gasteiger partial charge >= 0.3 is 0 Å². The molecule has 2 aromatic carbocycles. The van der Waals surface area contributed by atoms with Gasteiger partial charge in [0.25, 0.3) is 5.91 Å². The van der Waals surface area contributed by atoms with Crippen molar-refractivity contribution in [2.24, 2.45) is 0 Å². The third-order valence-corrected chi connectivity index (χ3v) is 3.60. The van der Waals surface area contributed by atoms with Gasteiger partial charge in [-0.2, -0.15) is 5.06 Å². The fraction of sp³-hybridized carbons (Fsp3) is 0.133. The van der Waals surface area contributed by atoms with Crippen LogP contribution in [0.1, 0.15) is 10.4 Å². The first-order valence-electron chi connectivity index (χ1n) is 6.36. The predicted molar refractivity (Wildman–Crippen MR) is 80.1 cm³/mol. The zero-order valence-electron chi connectivity index (χ0n) is 12.1. The quantitative estimate of drug-likeness (QED) is 0.603. The van der Waals surface area contributed by atoms with E-state index in [1.807, 2.05) is 0 Å². The SMILES string of the molecule is COc1ccc(C(=O)N(C)OOS(=O)c2ccccc2)cc1. The van der Waals surface area contributed by atoms with Gasteiger partial charge in [0.1, 0.15) is 5.75 Å². The highest BCUT2D eigenvalue weighted by Crippen LogP contribution is 2.13. The zero-order chi connectivity index (χ0) is 15.9. The highest BCUT2D eigenvalue weighted by Gasteiger charge is 2.15. The number of nitrogens with zero attached hydrogens (tertiary/aromatic N) is 1. The number of methoxy groups -OCH3 is 1. The first-order chi connectivity index (χ1) is 10.6. The fourth-order valence-corrected chi connectivity index (χ4v) is 2.20. The van der Waals surface area contributed by atoms with Crippen LogP contribution in [0.4, 0.5) is 0 Å². The summed E-state index contributed by atoms with van der Waals surface area (Å²) in [6.45, 7) is 0. The molecular formula is C15H15NO5S. The number of hydroxylamine groups is 2. The second kappa shape index (κ2) is 7.69. The molecule has 2 aromatic rings. The first kappa shape index (κ1) is 16.2. The molecule has 2 rings (SSSR count). The second-order valence-corrected chi connectivity index (χ2v) is 5.30. The molecule has 0 aromatic heterocycles. The van der Waals surface area contributed by atoms with Crippen LogP contribution < -0.4 is 4.74 Å². The fourth-order valence-electron chi connectivity index (χ4n) is 1.59. The summed E-state index contributed by atoms with van der Waals surface area (Å²) in [6.07, 6.45) is 0. The largest absolute Gasteiger partial charge is 0.497 e. The van der Waals surface area contributed by atoms with E-state index in [2.05, 4.69) is 0 Å². The van der Waals surface area contributed by atoms with Crippen LogP contribution in [0, 0.1) is 0 Å². The minimum Gasteiger partial charge on any atom is -0.497 e. The molecule has 0 aliphatic carbocycles. The molecule has 1 atom stereocenters. The molecule has 1 unspecified atom stereocenters. The Hall–Kier alpha value is -2.22. The average Bonchev–Trinajstić information content (AvgIpc) is 2.59. The summed E-state index contributed by atoms with van der Waals surface area (Å²) in [5, 5.41) is 0.864. The third-order valence-electron chi connectivity index (χ3n) is 2.76. The van der Waals surface area contributed by atoms with E-state index in [0.29, 0.717) is 16.2 Å². The molecule has 0 heterocycles. The summed E-state index contributed by atoms with van der Waals surface area (Å²) in [5.74, 6) is 0.203. The summed E-state index contributed by atoms with van der Waals surface area (Å²) < 4.78 is 21.5. The van der Waals surface area contributed by atoms with E-state index in [9.17, 15) is 9.00 Å². The first-order valence-corrected chi connectivity index (χ1v) is 7.43. The zero-order valence-corrected chi connectivity index (χ0v) is 12.9. The Morgan fingerprint density at radius 3 is 2.27 bits per heavy atom. The lowest BCUT2D eigenvalue weighted by molar-refractivity contribution is -0.328. The maximum atomic E-state index is 12.1. The van der Waals surface area contributed by atoms with E-state index in [1.54, 1.807) is 61.7 Å². The minimum atomic E-state index is -1.82. The topological polar surface area (TPSA) is 65.1 Å². The van der Waals surface area contributed by atoms with E-state index < -0.39 is 17.0 Å². The molecule has 0 aliphatic heterocycles. The normalized spacial score (nSPS) is 11.7. The lowest BCUT2D eigenvalue weighted by Gasteiger charge is -2.14. The number of benzene rings is 2. The van der Waals surface area contributed by atoms with E-state index in [4.69, 9.17) is 14.1 Å². The number of hydrogen-bond acceptors (Lipinski definition) is 5. The highest BCUT2D eigenvalue weighted by molar-refractivity contribution is 7.80. The number of amides is 1. The maximum Gasteiger partial charge on any atom is 0.279 e. The number of carbonyl (C=O) groups excluding carboxylic acids is 1. The molecule has 22 heavy (non-hydrogen) atoms. The van der Waals surface area contributed by atoms with Gasteiger partial charge in [-0.15, -0.1) is 4.33 Å². The molecule has 0 saturated carbocycles. The lowest BCUT2D eigenvalue weighted by atomic mass is 10.2. The number of hydrogen-bond donors (Lipinski definition) is 0. The van der Waals surface area contributed by atoms with Crippen LogP contribution in [0.25, 0.3) is 0 Å². The monoisotopic (exact) mass is 321 g/mol. The number of ether oxygens (including phenoxy) is 1. The van der Waals surface area contributed by atoms with Crippen molar-refractivity contribution in [3.05, 3.63) is 60.2 Å². The molecule has 0 saturated heterocycles. The molecule has 0 bridgehead atoms. The van der Waals surface area contributed by atoms with Gasteiger partial charge in [-0.05, 0) is 36.4 Å². The van der Waals surface area contributed by atoms with Crippen molar-refractivity contribution in [1.29, 1.82) is 0 Å². The van der Waals surface area contributed by atoms with Crippen LogP contribution >= 0.6 is 0 Å². The Morgan fingerprint density at radius 1 is 1.05 bits per heavy atom. The van der Waals surface area contributed by atoms with Crippen molar-refractivity contribution in [1.82, 2.24) is 5.06 Å². The maximum absolute atomic E-state index is 12.1. The van der Waals surface area contributed by atoms with Gasteiger partial charge in [-0.25, -0.2) is 4.21 Å². The van der Waals surface area contributed by atoms with Crippen LogP contribution in [-0.2, 0) is 20.4 Å². The van der Waals surface area contributed by atoms with Crippen molar-refractivity contribution in [3.63, 3.8) is 0 Å².